The number of piperidine rings is 1. The van der Waals surface area contributed by atoms with Crippen LogP contribution in [0.2, 0.25) is 0 Å². The number of carbonyl (C=O) groups is 3. The molecule has 32 heavy (non-hydrogen) atoms. The topological polar surface area (TPSA) is 115 Å². The predicted octanol–water partition coefficient (Wildman–Crippen LogP) is 2.70. The molecule has 3 amide bonds. The zero-order valence-corrected chi connectivity index (χ0v) is 18.5. The Morgan fingerprint density at radius 2 is 2.03 bits per heavy atom. The van der Waals surface area contributed by atoms with E-state index in [9.17, 15) is 19.6 Å². The number of fused-ring (bicyclic) bond motifs is 1. The number of nitrogens with one attached hydrogen (secondary N) is 2. The van der Waals surface area contributed by atoms with E-state index in [4.69, 9.17) is 4.42 Å². The zero-order valence-electron chi connectivity index (χ0n) is 18.5. The third-order valence-electron chi connectivity index (χ3n) is 5.87. The molecule has 1 fully saturated rings. The lowest BCUT2D eigenvalue weighted by Crippen LogP contribution is -2.52. The molecule has 0 bridgehead atoms. The van der Waals surface area contributed by atoms with Crippen molar-refractivity contribution < 1.29 is 24.0 Å². The van der Waals surface area contributed by atoms with Crippen LogP contribution in [0.5, 0.6) is 0 Å². The van der Waals surface area contributed by atoms with E-state index in [-0.39, 0.29) is 24.4 Å². The monoisotopic (exact) mass is 444 g/mol. The number of likely N-dealkylation sites (tertiary alicyclic amines) is 1. The van der Waals surface area contributed by atoms with Gasteiger partial charge in [-0.2, -0.15) is 0 Å². The third kappa shape index (κ3) is 6.30. The van der Waals surface area contributed by atoms with Crippen LogP contribution in [0.4, 0.5) is 0 Å². The number of unbranched alkanes of at least 4 members (excludes halogenated alkanes) is 2. The van der Waals surface area contributed by atoms with Crippen molar-refractivity contribution in [2.75, 3.05) is 19.6 Å². The highest BCUT2D eigenvalue weighted by Gasteiger charge is 2.27. The number of nitrogens with zero attached hydrogens (tertiary/aromatic N) is 2. The molecule has 1 aliphatic heterocycles. The van der Waals surface area contributed by atoms with Crippen molar-refractivity contribution in [3.63, 3.8) is 0 Å². The molecular formula is C23H32N4O5. The normalized spacial score (nSPS) is 15.5. The van der Waals surface area contributed by atoms with Gasteiger partial charge in [0.15, 0.2) is 5.76 Å². The second-order valence-electron chi connectivity index (χ2n) is 8.27. The van der Waals surface area contributed by atoms with E-state index >= 15 is 0 Å². The first-order chi connectivity index (χ1) is 15.5. The number of hydrogen-bond acceptors (Lipinski definition) is 6. The van der Waals surface area contributed by atoms with Gasteiger partial charge in [0, 0.05) is 24.5 Å². The van der Waals surface area contributed by atoms with Crippen LogP contribution < -0.4 is 10.9 Å². The number of para-hydroxylation sites is 1. The molecular weight excluding hydrogens is 412 g/mol. The van der Waals surface area contributed by atoms with Gasteiger partial charge in [0.25, 0.3) is 5.91 Å². The number of amides is 3. The molecule has 1 aromatic carbocycles. The fourth-order valence-corrected chi connectivity index (χ4v) is 3.96. The maximum Gasteiger partial charge on any atom is 0.289 e. The van der Waals surface area contributed by atoms with Crippen molar-refractivity contribution in [1.29, 1.82) is 0 Å². The molecule has 3 N–H and O–H groups in total. The first-order valence-corrected chi connectivity index (χ1v) is 11.3. The van der Waals surface area contributed by atoms with Crippen LogP contribution in [0.25, 0.3) is 11.0 Å². The molecule has 2 aromatic rings. The van der Waals surface area contributed by atoms with Crippen molar-refractivity contribution >= 4 is 29.2 Å². The fraction of sp³-hybridized carbons (Fsp3) is 0.522. The molecule has 1 unspecified atom stereocenters. The van der Waals surface area contributed by atoms with Gasteiger partial charge in [-0.05, 0) is 31.4 Å². The van der Waals surface area contributed by atoms with E-state index in [1.807, 2.05) is 24.3 Å². The summed E-state index contributed by atoms with van der Waals surface area (Å²) in [7, 11) is 0. The summed E-state index contributed by atoms with van der Waals surface area (Å²) in [6.07, 6.45) is 5.14. The average Bonchev–Trinajstić information content (AvgIpc) is 3.26. The van der Waals surface area contributed by atoms with Gasteiger partial charge in [-0.25, -0.2) is 10.5 Å². The predicted molar refractivity (Wildman–Crippen MR) is 119 cm³/mol. The Labute approximate surface area is 187 Å². The van der Waals surface area contributed by atoms with Gasteiger partial charge in [0.05, 0.1) is 12.5 Å². The van der Waals surface area contributed by atoms with Crippen LogP contribution in [0.1, 0.15) is 56.0 Å². The highest BCUT2D eigenvalue weighted by atomic mass is 16.5. The summed E-state index contributed by atoms with van der Waals surface area (Å²) < 4.78 is 5.68. The van der Waals surface area contributed by atoms with E-state index < -0.39 is 5.92 Å². The van der Waals surface area contributed by atoms with Gasteiger partial charge in [-0.3, -0.25) is 25.0 Å². The molecule has 0 radical (unpaired) electrons. The van der Waals surface area contributed by atoms with Crippen LogP contribution >= 0.6 is 0 Å². The Balaban J connectivity index is 1.46. The summed E-state index contributed by atoms with van der Waals surface area (Å²) in [5.74, 6) is -0.525. The smallest absolute Gasteiger partial charge is 0.289 e. The molecule has 174 valence electrons. The van der Waals surface area contributed by atoms with E-state index in [1.54, 1.807) is 11.0 Å². The number of hydrazine groups is 1. The largest absolute Gasteiger partial charge is 0.451 e. The minimum atomic E-state index is -0.487. The Hall–Kier alpha value is -2.91. The molecule has 0 aliphatic carbocycles. The number of rotatable bonds is 11. The SMILES string of the molecule is CCCCCC(CN(O)C=O)C(=O)NNC1CCN(C(=O)c2cc3ccccc3o2)CC1. The second-order valence-corrected chi connectivity index (χ2v) is 8.27. The Kier molecular flexibility index (Phi) is 8.64. The lowest BCUT2D eigenvalue weighted by molar-refractivity contribution is -0.154. The van der Waals surface area contributed by atoms with Crippen molar-refractivity contribution in [1.82, 2.24) is 20.8 Å². The fourth-order valence-electron chi connectivity index (χ4n) is 3.96. The van der Waals surface area contributed by atoms with Crippen LogP contribution in [-0.2, 0) is 9.59 Å². The molecule has 0 saturated carbocycles. The van der Waals surface area contributed by atoms with Gasteiger partial charge in [0.2, 0.25) is 12.3 Å². The number of hydroxylamine groups is 2. The maximum atomic E-state index is 12.8. The van der Waals surface area contributed by atoms with Crippen LogP contribution in [-0.4, -0.2) is 59.1 Å². The first kappa shape index (κ1) is 23.7. The van der Waals surface area contributed by atoms with Crippen molar-refractivity contribution in [3.8, 4) is 0 Å². The van der Waals surface area contributed by atoms with E-state index in [2.05, 4.69) is 17.8 Å². The summed E-state index contributed by atoms with van der Waals surface area (Å²) >= 11 is 0. The van der Waals surface area contributed by atoms with Crippen molar-refractivity contribution in [2.45, 2.75) is 51.5 Å². The Morgan fingerprint density at radius 1 is 1.28 bits per heavy atom. The second kappa shape index (κ2) is 11.6. The molecule has 1 saturated heterocycles. The van der Waals surface area contributed by atoms with Gasteiger partial charge in [0.1, 0.15) is 5.58 Å². The summed E-state index contributed by atoms with van der Waals surface area (Å²) in [5.41, 5.74) is 6.49. The van der Waals surface area contributed by atoms with E-state index in [0.717, 1.165) is 24.6 Å². The van der Waals surface area contributed by atoms with E-state index in [1.165, 1.54) is 0 Å². The van der Waals surface area contributed by atoms with Crippen LogP contribution in [0.3, 0.4) is 0 Å². The maximum absolute atomic E-state index is 12.8. The molecule has 9 heteroatoms. The number of furan rings is 1. The highest BCUT2D eigenvalue weighted by molar-refractivity contribution is 5.96. The summed E-state index contributed by atoms with van der Waals surface area (Å²) in [4.78, 5) is 37.8. The first-order valence-electron chi connectivity index (χ1n) is 11.3. The number of benzene rings is 1. The standard InChI is InChI=1S/C23H32N4O5/c1-2-3-4-8-18(15-27(31)16-28)22(29)25-24-19-10-12-26(13-11-19)23(30)21-14-17-7-5-6-9-20(17)32-21/h5-7,9,14,16,18-19,24,31H,2-4,8,10-13,15H2,1H3,(H,25,29). The number of hydrogen-bond donors (Lipinski definition) is 3. The molecule has 0 spiro atoms. The van der Waals surface area contributed by atoms with Crippen LogP contribution in [0.15, 0.2) is 34.7 Å². The average molecular weight is 445 g/mol. The summed E-state index contributed by atoms with van der Waals surface area (Å²) in [6.45, 7) is 3.15. The lowest BCUT2D eigenvalue weighted by atomic mass is 10.0. The third-order valence-corrected chi connectivity index (χ3v) is 5.87. The van der Waals surface area contributed by atoms with Crippen molar-refractivity contribution in [2.24, 2.45) is 5.92 Å². The summed E-state index contributed by atoms with van der Waals surface area (Å²) in [6, 6.07) is 9.33. The Morgan fingerprint density at radius 3 is 2.72 bits per heavy atom. The molecule has 1 atom stereocenters. The van der Waals surface area contributed by atoms with Gasteiger partial charge in [-0.15, -0.1) is 0 Å². The minimum Gasteiger partial charge on any atom is -0.451 e. The summed E-state index contributed by atoms with van der Waals surface area (Å²) in [5, 5.41) is 10.9. The van der Waals surface area contributed by atoms with Gasteiger partial charge >= 0.3 is 0 Å². The van der Waals surface area contributed by atoms with Crippen LogP contribution in [0, 0.1) is 5.92 Å². The van der Waals surface area contributed by atoms with Gasteiger partial charge in [-0.1, -0.05) is 44.4 Å². The quantitative estimate of drug-likeness (QED) is 0.212. The molecule has 9 nitrogen and oxygen atoms in total. The number of carbonyl (C=O) groups excluding carboxylic acids is 3. The zero-order chi connectivity index (χ0) is 22.9. The van der Waals surface area contributed by atoms with E-state index in [0.29, 0.717) is 55.2 Å². The Bertz CT molecular complexity index is 874. The highest BCUT2D eigenvalue weighted by Crippen LogP contribution is 2.21. The minimum absolute atomic E-state index is 0.0336. The molecule has 2 heterocycles. The lowest BCUT2D eigenvalue weighted by Gasteiger charge is -2.32. The molecule has 3 rings (SSSR count). The molecule has 1 aromatic heterocycles. The van der Waals surface area contributed by atoms with Crippen molar-refractivity contribution in [3.05, 3.63) is 36.1 Å². The molecule has 1 aliphatic rings. The van der Waals surface area contributed by atoms with Gasteiger partial charge < -0.3 is 9.32 Å².